The first-order valence-corrected chi connectivity index (χ1v) is 6.26. The highest BCUT2D eigenvalue weighted by Crippen LogP contribution is 2.18. The maximum atomic E-state index is 11.9. The predicted octanol–water partition coefficient (Wildman–Crippen LogP) is -0.273. The van der Waals surface area contributed by atoms with Gasteiger partial charge >= 0.3 is 0 Å². The Morgan fingerprint density at radius 2 is 2.24 bits per heavy atom. The SMILES string of the molecule is COCCC(C)(C)CNC(=O)C1CNCCN1. The van der Waals surface area contributed by atoms with Crippen molar-refractivity contribution in [2.24, 2.45) is 5.41 Å². The molecule has 0 aromatic heterocycles. The standard InChI is InChI=1S/C12H25N3O2/c1-12(2,4-7-17-3)9-15-11(16)10-8-13-5-6-14-10/h10,13-14H,4-9H2,1-3H3,(H,15,16). The number of ether oxygens (including phenoxy) is 1. The topological polar surface area (TPSA) is 62.4 Å². The monoisotopic (exact) mass is 243 g/mol. The van der Waals surface area contributed by atoms with Crippen LogP contribution in [-0.4, -0.2) is 51.8 Å². The van der Waals surface area contributed by atoms with E-state index in [4.69, 9.17) is 4.74 Å². The van der Waals surface area contributed by atoms with E-state index >= 15 is 0 Å². The van der Waals surface area contributed by atoms with E-state index in [-0.39, 0.29) is 17.4 Å². The molecular formula is C12H25N3O2. The summed E-state index contributed by atoms with van der Waals surface area (Å²) in [7, 11) is 1.70. The summed E-state index contributed by atoms with van der Waals surface area (Å²) in [4.78, 5) is 11.9. The van der Waals surface area contributed by atoms with Gasteiger partial charge in [0.2, 0.25) is 5.91 Å². The average Bonchev–Trinajstić information content (AvgIpc) is 2.35. The van der Waals surface area contributed by atoms with E-state index in [0.717, 1.165) is 26.1 Å². The zero-order chi connectivity index (χ0) is 12.7. The van der Waals surface area contributed by atoms with Crippen molar-refractivity contribution in [3.63, 3.8) is 0 Å². The molecule has 1 saturated heterocycles. The molecule has 0 aliphatic carbocycles. The lowest BCUT2D eigenvalue weighted by Gasteiger charge is -2.28. The lowest BCUT2D eigenvalue weighted by molar-refractivity contribution is -0.123. The van der Waals surface area contributed by atoms with Gasteiger partial charge in [0.15, 0.2) is 0 Å². The third-order valence-corrected chi connectivity index (χ3v) is 3.08. The summed E-state index contributed by atoms with van der Waals surface area (Å²) in [6.45, 7) is 8.19. The first-order valence-electron chi connectivity index (χ1n) is 6.26. The number of rotatable bonds is 6. The molecule has 5 nitrogen and oxygen atoms in total. The fourth-order valence-corrected chi connectivity index (χ4v) is 1.76. The summed E-state index contributed by atoms with van der Waals surface area (Å²) in [5.41, 5.74) is 0.0771. The summed E-state index contributed by atoms with van der Waals surface area (Å²) >= 11 is 0. The minimum atomic E-state index is -0.0954. The molecule has 1 aliphatic rings. The van der Waals surface area contributed by atoms with Crippen molar-refractivity contribution in [2.75, 3.05) is 39.9 Å². The molecule has 1 rings (SSSR count). The van der Waals surface area contributed by atoms with Gasteiger partial charge in [-0.25, -0.2) is 0 Å². The van der Waals surface area contributed by atoms with Crippen LogP contribution in [-0.2, 0) is 9.53 Å². The fourth-order valence-electron chi connectivity index (χ4n) is 1.76. The highest BCUT2D eigenvalue weighted by Gasteiger charge is 2.23. The van der Waals surface area contributed by atoms with Crippen LogP contribution in [0.15, 0.2) is 0 Å². The molecule has 17 heavy (non-hydrogen) atoms. The van der Waals surface area contributed by atoms with Crippen molar-refractivity contribution in [2.45, 2.75) is 26.3 Å². The average molecular weight is 243 g/mol. The molecule has 1 amide bonds. The molecule has 0 spiro atoms. The van der Waals surface area contributed by atoms with E-state index in [0.29, 0.717) is 13.1 Å². The van der Waals surface area contributed by atoms with E-state index in [1.807, 2.05) is 0 Å². The third kappa shape index (κ3) is 5.48. The highest BCUT2D eigenvalue weighted by atomic mass is 16.5. The molecule has 1 fully saturated rings. The van der Waals surface area contributed by atoms with Crippen LogP contribution in [0.4, 0.5) is 0 Å². The van der Waals surface area contributed by atoms with Crippen LogP contribution in [0.3, 0.4) is 0 Å². The van der Waals surface area contributed by atoms with Gasteiger partial charge in [-0.15, -0.1) is 0 Å². The van der Waals surface area contributed by atoms with E-state index in [1.165, 1.54) is 0 Å². The highest BCUT2D eigenvalue weighted by molar-refractivity contribution is 5.82. The minimum Gasteiger partial charge on any atom is -0.385 e. The van der Waals surface area contributed by atoms with Crippen molar-refractivity contribution in [1.82, 2.24) is 16.0 Å². The van der Waals surface area contributed by atoms with Gasteiger partial charge < -0.3 is 20.7 Å². The molecule has 5 heteroatoms. The molecular weight excluding hydrogens is 218 g/mol. The molecule has 0 bridgehead atoms. The minimum absolute atomic E-state index is 0.0771. The lowest BCUT2D eigenvalue weighted by Crippen LogP contribution is -2.56. The Kier molecular flexibility index (Phi) is 5.88. The number of piperazine rings is 1. The molecule has 1 unspecified atom stereocenters. The zero-order valence-electron chi connectivity index (χ0n) is 11.1. The molecule has 0 saturated carbocycles. The molecule has 0 aromatic rings. The van der Waals surface area contributed by atoms with Crippen molar-refractivity contribution in [1.29, 1.82) is 0 Å². The van der Waals surface area contributed by atoms with Crippen LogP contribution in [0.1, 0.15) is 20.3 Å². The second-order valence-corrected chi connectivity index (χ2v) is 5.34. The van der Waals surface area contributed by atoms with Gasteiger partial charge in [0.25, 0.3) is 0 Å². The van der Waals surface area contributed by atoms with Crippen molar-refractivity contribution in [3.05, 3.63) is 0 Å². The Morgan fingerprint density at radius 3 is 2.82 bits per heavy atom. The van der Waals surface area contributed by atoms with Gasteiger partial charge in [-0.1, -0.05) is 13.8 Å². The largest absolute Gasteiger partial charge is 0.385 e. The number of methoxy groups -OCH3 is 1. The summed E-state index contributed by atoms with van der Waals surface area (Å²) < 4.78 is 5.07. The molecule has 1 heterocycles. The van der Waals surface area contributed by atoms with E-state index < -0.39 is 0 Å². The number of carbonyl (C=O) groups excluding carboxylic acids is 1. The Labute approximate surface area is 104 Å². The number of hydrogen-bond donors (Lipinski definition) is 3. The molecule has 100 valence electrons. The van der Waals surface area contributed by atoms with Gasteiger partial charge in [-0.3, -0.25) is 4.79 Å². The molecule has 1 aliphatic heterocycles. The smallest absolute Gasteiger partial charge is 0.238 e. The molecule has 0 aromatic carbocycles. The summed E-state index contributed by atoms with van der Waals surface area (Å²) in [6, 6.07) is -0.0954. The van der Waals surface area contributed by atoms with E-state index in [1.54, 1.807) is 7.11 Å². The van der Waals surface area contributed by atoms with Crippen molar-refractivity contribution < 1.29 is 9.53 Å². The normalized spacial score (nSPS) is 21.2. The second kappa shape index (κ2) is 6.93. The van der Waals surface area contributed by atoms with Crippen LogP contribution in [0, 0.1) is 5.41 Å². The predicted molar refractivity (Wildman–Crippen MR) is 67.9 cm³/mol. The maximum absolute atomic E-state index is 11.9. The van der Waals surface area contributed by atoms with E-state index in [9.17, 15) is 4.79 Å². The van der Waals surface area contributed by atoms with Gasteiger partial charge in [0.1, 0.15) is 0 Å². The van der Waals surface area contributed by atoms with Crippen LogP contribution < -0.4 is 16.0 Å². The number of amides is 1. The van der Waals surface area contributed by atoms with Gasteiger partial charge in [-0.2, -0.15) is 0 Å². The maximum Gasteiger partial charge on any atom is 0.238 e. The molecule has 1 atom stereocenters. The molecule has 3 N–H and O–H groups in total. The third-order valence-electron chi connectivity index (χ3n) is 3.08. The van der Waals surface area contributed by atoms with Gasteiger partial charge in [0, 0.05) is 39.9 Å². The fraction of sp³-hybridized carbons (Fsp3) is 0.917. The summed E-state index contributed by atoms with van der Waals surface area (Å²) in [5, 5.41) is 9.41. The second-order valence-electron chi connectivity index (χ2n) is 5.34. The van der Waals surface area contributed by atoms with Gasteiger partial charge in [0.05, 0.1) is 6.04 Å². The Bertz CT molecular complexity index is 238. The Morgan fingerprint density at radius 1 is 1.47 bits per heavy atom. The quantitative estimate of drug-likeness (QED) is 0.601. The Balaban J connectivity index is 2.26. The number of nitrogens with one attached hydrogen (secondary N) is 3. The van der Waals surface area contributed by atoms with Crippen LogP contribution in [0.2, 0.25) is 0 Å². The number of carbonyl (C=O) groups is 1. The summed E-state index contributed by atoms with van der Waals surface area (Å²) in [5.74, 6) is 0.0858. The number of hydrogen-bond acceptors (Lipinski definition) is 4. The van der Waals surface area contributed by atoms with Crippen LogP contribution in [0.25, 0.3) is 0 Å². The zero-order valence-corrected chi connectivity index (χ0v) is 11.1. The van der Waals surface area contributed by atoms with Crippen molar-refractivity contribution in [3.8, 4) is 0 Å². The summed E-state index contributed by atoms with van der Waals surface area (Å²) in [6.07, 6.45) is 0.945. The van der Waals surface area contributed by atoms with Crippen LogP contribution in [0.5, 0.6) is 0 Å². The lowest BCUT2D eigenvalue weighted by atomic mass is 9.89. The Hall–Kier alpha value is -0.650. The van der Waals surface area contributed by atoms with Gasteiger partial charge in [-0.05, 0) is 11.8 Å². The first kappa shape index (κ1) is 14.4. The van der Waals surface area contributed by atoms with Crippen molar-refractivity contribution >= 4 is 5.91 Å². The van der Waals surface area contributed by atoms with Crippen LogP contribution >= 0.6 is 0 Å². The molecule has 0 radical (unpaired) electrons. The van der Waals surface area contributed by atoms with E-state index in [2.05, 4.69) is 29.8 Å². The first-order chi connectivity index (χ1) is 8.05.